The number of H-pyrrole nitrogens is 1. The first-order chi connectivity index (χ1) is 9.63. The number of methoxy groups -OCH3 is 2. The van der Waals surface area contributed by atoms with Crippen LogP contribution in [0.5, 0.6) is 0 Å². The Hall–Kier alpha value is -2.56. The largest absolute Gasteiger partial charge is 0.469 e. The first-order valence-corrected chi connectivity index (χ1v) is 6.08. The number of esters is 2. The van der Waals surface area contributed by atoms with Gasteiger partial charge in [0.1, 0.15) is 5.69 Å². The zero-order valence-electron chi connectivity index (χ0n) is 11.3. The normalized spacial score (nSPS) is 10.9. The minimum atomic E-state index is -0.399. The molecule has 0 amide bonds. The van der Waals surface area contributed by atoms with Crippen LogP contribution in [0.25, 0.3) is 17.0 Å². The van der Waals surface area contributed by atoms with Gasteiger partial charge in [0.2, 0.25) is 0 Å². The highest BCUT2D eigenvalue weighted by molar-refractivity contribution is 5.95. The lowest BCUT2D eigenvalue weighted by atomic mass is 10.1. The van der Waals surface area contributed by atoms with Gasteiger partial charge in [-0.05, 0) is 17.7 Å². The number of aromatic amines is 1. The summed E-state index contributed by atoms with van der Waals surface area (Å²) in [5.74, 6) is -0.681. The van der Waals surface area contributed by atoms with E-state index in [1.807, 2.05) is 24.3 Å². The Bertz CT molecular complexity index is 670. The second-order valence-electron chi connectivity index (χ2n) is 4.20. The lowest BCUT2D eigenvalue weighted by Crippen LogP contribution is -2.00. The van der Waals surface area contributed by atoms with E-state index >= 15 is 0 Å². The van der Waals surface area contributed by atoms with Crippen molar-refractivity contribution in [1.82, 2.24) is 4.98 Å². The van der Waals surface area contributed by atoms with Gasteiger partial charge >= 0.3 is 11.9 Å². The standard InChI is InChI=1S/C15H15NO4/c1-19-14(17)5-3-4-10-6-7-11-9-13(15(18)20-2)16-12(11)8-10/h3-4,6-9,16H,5H2,1-2H3. The third-order valence-electron chi connectivity index (χ3n) is 2.87. The molecule has 0 unspecified atom stereocenters. The molecule has 0 saturated carbocycles. The lowest BCUT2D eigenvalue weighted by molar-refractivity contribution is -0.139. The monoisotopic (exact) mass is 273 g/mol. The van der Waals surface area contributed by atoms with Gasteiger partial charge in [-0.25, -0.2) is 4.79 Å². The number of carbonyl (C=O) groups excluding carboxylic acids is 2. The van der Waals surface area contributed by atoms with Gasteiger partial charge in [-0.15, -0.1) is 0 Å². The van der Waals surface area contributed by atoms with Gasteiger partial charge in [0.25, 0.3) is 0 Å². The number of fused-ring (bicyclic) bond motifs is 1. The summed E-state index contributed by atoms with van der Waals surface area (Å²) in [5.41, 5.74) is 2.18. The van der Waals surface area contributed by atoms with Gasteiger partial charge in [0.05, 0.1) is 20.6 Å². The Balaban J connectivity index is 2.20. The average Bonchev–Trinajstić information content (AvgIpc) is 2.89. The van der Waals surface area contributed by atoms with Crippen LogP contribution in [0.15, 0.2) is 30.3 Å². The summed E-state index contributed by atoms with van der Waals surface area (Å²) < 4.78 is 9.22. The number of ether oxygens (including phenoxy) is 2. The highest BCUT2D eigenvalue weighted by Crippen LogP contribution is 2.18. The van der Waals surface area contributed by atoms with Gasteiger partial charge in [0, 0.05) is 10.9 Å². The zero-order chi connectivity index (χ0) is 14.5. The maximum absolute atomic E-state index is 11.4. The van der Waals surface area contributed by atoms with Gasteiger partial charge < -0.3 is 14.5 Å². The molecule has 104 valence electrons. The predicted octanol–water partition coefficient (Wildman–Crippen LogP) is 2.53. The lowest BCUT2D eigenvalue weighted by Gasteiger charge is -1.95. The molecule has 0 atom stereocenters. The maximum atomic E-state index is 11.4. The van der Waals surface area contributed by atoms with Crippen molar-refractivity contribution in [2.45, 2.75) is 6.42 Å². The van der Waals surface area contributed by atoms with Crippen LogP contribution in [0.4, 0.5) is 0 Å². The first-order valence-electron chi connectivity index (χ1n) is 6.08. The van der Waals surface area contributed by atoms with Crippen LogP contribution in [-0.4, -0.2) is 31.1 Å². The van der Waals surface area contributed by atoms with Gasteiger partial charge in [-0.2, -0.15) is 0 Å². The molecule has 0 saturated heterocycles. The Morgan fingerprint density at radius 1 is 1.20 bits per heavy atom. The van der Waals surface area contributed by atoms with Gasteiger partial charge in [-0.3, -0.25) is 4.79 Å². The van der Waals surface area contributed by atoms with Crippen LogP contribution in [0.2, 0.25) is 0 Å². The smallest absolute Gasteiger partial charge is 0.354 e. The highest BCUT2D eigenvalue weighted by Gasteiger charge is 2.09. The van der Waals surface area contributed by atoms with E-state index in [-0.39, 0.29) is 12.4 Å². The summed E-state index contributed by atoms with van der Waals surface area (Å²) >= 11 is 0. The summed E-state index contributed by atoms with van der Waals surface area (Å²) in [6, 6.07) is 7.44. The van der Waals surface area contributed by atoms with Crippen molar-refractivity contribution in [1.29, 1.82) is 0 Å². The second kappa shape index (κ2) is 6.06. The topological polar surface area (TPSA) is 68.4 Å². The minimum absolute atomic E-state index is 0.229. The fourth-order valence-corrected chi connectivity index (χ4v) is 1.84. The molecule has 0 radical (unpaired) electrons. The summed E-state index contributed by atoms with van der Waals surface area (Å²) in [7, 11) is 2.70. The van der Waals surface area contributed by atoms with E-state index in [1.165, 1.54) is 14.2 Å². The summed E-state index contributed by atoms with van der Waals surface area (Å²) in [6.45, 7) is 0. The molecule has 0 aliphatic heterocycles. The third-order valence-corrected chi connectivity index (χ3v) is 2.87. The van der Waals surface area contributed by atoms with Crippen LogP contribution >= 0.6 is 0 Å². The fraction of sp³-hybridized carbons (Fsp3) is 0.200. The molecule has 5 nitrogen and oxygen atoms in total. The zero-order valence-corrected chi connectivity index (χ0v) is 11.3. The number of rotatable bonds is 4. The second-order valence-corrected chi connectivity index (χ2v) is 4.20. The van der Waals surface area contributed by atoms with Crippen molar-refractivity contribution in [2.24, 2.45) is 0 Å². The Labute approximate surface area is 116 Å². The van der Waals surface area contributed by atoms with Crippen molar-refractivity contribution in [2.75, 3.05) is 14.2 Å². The average molecular weight is 273 g/mol. The predicted molar refractivity (Wildman–Crippen MR) is 75.3 cm³/mol. The number of hydrogen-bond donors (Lipinski definition) is 1. The quantitative estimate of drug-likeness (QED) is 0.869. The van der Waals surface area contributed by atoms with Crippen LogP contribution in [-0.2, 0) is 14.3 Å². The molecule has 1 N–H and O–H groups in total. The van der Waals surface area contributed by atoms with Gasteiger partial charge in [0.15, 0.2) is 0 Å². The number of carbonyl (C=O) groups is 2. The maximum Gasteiger partial charge on any atom is 0.354 e. The number of nitrogens with one attached hydrogen (secondary N) is 1. The first kappa shape index (κ1) is 13.9. The fourth-order valence-electron chi connectivity index (χ4n) is 1.84. The van der Waals surface area contributed by atoms with E-state index in [4.69, 9.17) is 0 Å². The van der Waals surface area contributed by atoms with Gasteiger partial charge in [-0.1, -0.05) is 24.3 Å². The van der Waals surface area contributed by atoms with Crippen LogP contribution in [0.3, 0.4) is 0 Å². The van der Waals surface area contributed by atoms with Crippen molar-refractivity contribution >= 4 is 28.9 Å². The van der Waals surface area contributed by atoms with E-state index in [9.17, 15) is 9.59 Å². The van der Waals surface area contributed by atoms with Crippen molar-refractivity contribution in [3.8, 4) is 0 Å². The summed E-state index contributed by atoms with van der Waals surface area (Å²) in [5, 5.41) is 0.926. The molecule has 2 aromatic rings. The van der Waals surface area contributed by atoms with Crippen LogP contribution in [0.1, 0.15) is 22.5 Å². The SMILES string of the molecule is COC(=O)CC=Cc1ccc2cc(C(=O)OC)[nH]c2c1. The molecule has 0 spiro atoms. The molecule has 0 bridgehead atoms. The van der Waals surface area contributed by atoms with E-state index in [2.05, 4.69) is 14.5 Å². The van der Waals surface area contributed by atoms with E-state index < -0.39 is 5.97 Å². The molecule has 0 aliphatic carbocycles. The molecular formula is C15H15NO4. The number of benzene rings is 1. The molecule has 1 heterocycles. The summed E-state index contributed by atoms with van der Waals surface area (Å²) in [6.07, 6.45) is 3.79. The van der Waals surface area contributed by atoms with Crippen molar-refractivity contribution < 1.29 is 19.1 Å². The number of aromatic nitrogens is 1. The Kier molecular flexibility index (Phi) is 4.20. The molecule has 0 fully saturated rings. The van der Waals surface area contributed by atoms with Crippen LogP contribution in [0, 0.1) is 0 Å². The van der Waals surface area contributed by atoms with E-state index in [1.54, 1.807) is 12.1 Å². The summed E-state index contributed by atoms with van der Waals surface area (Å²) in [4.78, 5) is 25.4. The highest BCUT2D eigenvalue weighted by atomic mass is 16.5. The molecule has 20 heavy (non-hydrogen) atoms. The molecule has 1 aromatic heterocycles. The Morgan fingerprint density at radius 2 is 2.00 bits per heavy atom. The van der Waals surface area contributed by atoms with Crippen molar-refractivity contribution in [3.05, 3.63) is 41.6 Å². The van der Waals surface area contributed by atoms with E-state index in [0.29, 0.717) is 5.69 Å². The van der Waals surface area contributed by atoms with Crippen LogP contribution < -0.4 is 0 Å². The van der Waals surface area contributed by atoms with E-state index in [0.717, 1.165) is 16.5 Å². The Morgan fingerprint density at radius 3 is 2.70 bits per heavy atom. The third kappa shape index (κ3) is 3.06. The molecule has 2 rings (SSSR count). The molecule has 5 heteroatoms. The van der Waals surface area contributed by atoms with Crippen molar-refractivity contribution in [3.63, 3.8) is 0 Å². The number of hydrogen-bond acceptors (Lipinski definition) is 4. The molecular weight excluding hydrogens is 258 g/mol. The molecule has 0 aliphatic rings. The molecule has 1 aromatic carbocycles. The minimum Gasteiger partial charge on any atom is -0.469 e.